The van der Waals surface area contributed by atoms with E-state index in [-0.39, 0.29) is 0 Å². The highest BCUT2D eigenvalue weighted by molar-refractivity contribution is 8.13. The van der Waals surface area contributed by atoms with Crippen LogP contribution in [0.15, 0.2) is 46.6 Å². The van der Waals surface area contributed by atoms with Crippen LogP contribution in [0.2, 0.25) is 0 Å². The average molecular weight is 304 g/mol. The van der Waals surface area contributed by atoms with Crippen LogP contribution in [0.5, 0.6) is 0 Å². The molecule has 0 radical (unpaired) electrons. The molecule has 0 amide bonds. The number of aliphatic carboxylic acids is 1. The van der Waals surface area contributed by atoms with Crippen molar-refractivity contribution in [3.8, 4) is 0 Å². The number of rotatable bonds is 5. The minimum Gasteiger partial charge on any atom is -0.478 e. The number of nitrogens with zero attached hydrogens (tertiary/aromatic N) is 1. The van der Waals surface area contributed by atoms with Crippen LogP contribution in [0, 0.1) is 0 Å². The van der Waals surface area contributed by atoms with Gasteiger partial charge in [0, 0.05) is 11.4 Å². The molecule has 5 heteroatoms. The molecular weight excluding hydrogens is 284 g/mol. The molecule has 1 aliphatic heterocycles. The molecule has 0 aliphatic carbocycles. The number of amidine groups is 1. The third kappa shape index (κ3) is 3.88. The van der Waals surface area contributed by atoms with Gasteiger partial charge in [0.05, 0.1) is 5.57 Å². The fraction of sp³-hybridized carbons (Fsp3) is 0.375. The molecule has 1 aliphatic rings. The van der Waals surface area contributed by atoms with E-state index in [1.54, 1.807) is 18.7 Å². The van der Waals surface area contributed by atoms with Gasteiger partial charge in [-0.2, -0.15) is 0 Å². The van der Waals surface area contributed by atoms with E-state index in [1.165, 1.54) is 0 Å². The van der Waals surface area contributed by atoms with Crippen molar-refractivity contribution in [3.05, 3.63) is 47.2 Å². The predicted molar refractivity (Wildman–Crippen MR) is 87.5 cm³/mol. The summed E-state index contributed by atoms with van der Waals surface area (Å²) in [6.07, 6.45) is 2.26. The Balaban J connectivity index is 2.29. The molecule has 1 aromatic carbocycles. The summed E-state index contributed by atoms with van der Waals surface area (Å²) in [7, 11) is 0. The maximum absolute atomic E-state index is 11.5. The van der Waals surface area contributed by atoms with Crippen molar-refractivity contribution < 1.29 is 9.90 Å². The molecule has 0 aromatic heterocycles. The number of thioether (sulfide) groups is 1. The van der Waals surface area contributed by atoms with Gasteiger partial charge in [0.25, 0.3) is 0 Å². The Hall–Kier alpha value is -1.75. The van der Waals surface area contributed by atoms with Gasteiger partial charge in [0.15, 0.2) is 5.17 Å². The SMILES string of the molecule is CCCCSC1=NC(c2ccccc2)C(C(=O)O)=C(C)N1. The number of hydrogen-bond donors (Lipinski definition) is 2. The number of benzene rings is 1. The molecule has 0 saturated carbocycles. The van der Waals surface area contributed by atoms with Crippen molar-refractivity contribution in [1.29, 1.82) is 0 Å². The number of carboxylic acids is 1. The number of nitrogens with one attached hydrogen (secondary N) is 1. The van der Waals surface area contributed by atoms with Crippen molar-refractivity contribution >= 4 is 22.9 Å². The van der Waals surface area contributed by atoms with Gasteiger partial charge in [-0.15, -0.1) is 0 Å². The zero-order valence-corrected chi connectivity index (χ0v) is 13.1. The van der Waals surface area contributed by atoms with Gasteiger partial charge in [-0.1, -0.05) is 55.4 Å². The molecule has 1 aromatic rings. The largest absolute Gasteiger partial charge is 0.478 e. The molecular formula is C16H20N2O2S. The second-order valence-electron chi connectivity index (χ2n) is 4.92. The van der Waals surface area contributed by atoms with E-state index in [4.69, 9.17) is 0 Å². The van der Waals surface area contributed by atoms with Crippen LogP contribution in [0.4, 0.5) is 0 Å². The second-order valence-corrected chi connectivity index (χ2v) is 6.00. The topological polar surface area (TPSA) is 61.7 Å². The first-order valence-corrected chi connectivity index (χ1v) is 8.08. The number of hydrogen-bond acceptors (Lipinski definition) is 4. The van der Waals surface area contributed by atoms with Gasteiger partial charge in [-0.05, 0) is 18.9 Å². The molecule has 1 heterocycles. The quantitative estimate of drug-likeness (QED) is 0.816. The number of carbonyl (C=O) groups is 1. The smallest absolute Gasteiger partial charge is 0.335 e. The third-order valence-electron chi connectivity index (χ3n) is 3.30. The average Bonchev–Trinajstić information content (AvgIpc) is 2.47. The first kappa shape index (κ1) is 15.6. The van der Waals surface area contributed by atoms with Crippen LogP contribution in [0.25, 0.3) is 0 Å². The van der Waals surface area contributed by atoms with Crippen molar-refractivity contribution in [3.63, 3.8) is 0 Å². The van der Waals surface area contributed by atoms with Gasteiger partial charge in [-0.25, -0.2) is 9.79 Å². The highest BCUT2D eigenvalue weighted by atomic mass is 32.2. The van der Waals surface area contributed by atoms with Crippen LogP contribution in [-0.2, 0) is 4.79 Å². The Morgan fingerprint density at radius 1 is 1.38 bits per heavy atom. The van der Waals surface area contributed by atoms with Crippen LogP contribution >= 0.6 is 11.8 Å². The van der Waals surface area contributed by atoms with Crippen LogP contribution in [0.1, 0.15) is 38.3 Å². The summed E-state index contributed by atoms with van der Waals surface area (Å²) >= 11 is 1.65. The Labute approximate surface area is 129 Å². The van der Waals surface area contributed by atoms with E-state index in [9.17, 15) is 9.90 Å². The molecule has 2 N–H and O–H groups in total. The van der Waals surface area contributed by atoms with Gasteiger partial charge >= 0.3 is 5.97 Å². The van der Waals surface area contributed by atoms with Crippen molar-refractivity contribution in [2.45, 2.75) is 32.7 Å². The molecule has 0 fully saturated rings. The summed E-state index contributed by atoms with van der Waals surface area (Å²) in [5.41, 5.74) is 1.90. The lowest BCUT2D eigenvalue weighted by molar-refractivity contribution is -0.133. The van der Waals surface area contributed by atoms with Crippen molar-refractivity contribution in [1.82, 2.24) is 5.32 Å². The fourth-order valence-electron chi connectivity index (χ4n) is 2.19. The predicted octanol–water partition coefficient (Wildman–Crippen LogP) is 3.58. The second kappa shape index (κ2) is 7.31. The van der Waals surface area contributed by atoms with E-state index >= 15 is 0 Å². The lowest BCUT2D eigenvalue weighted by Gasteiger charge is -2.24. The lowest BCUT2D eigenvalue weighted by Crippen LogP contribution is -2.29. The van der Waals surface area contributed by atoms with Crippen LogP contribution in [0.3, 0.4) is 0 Å². The molecule has 2 rings (SSSR count). The molecule has 1 unspecified atom stereocenters. The Morgan fingerprint density at radius 2 is 2.10 bits per heavy atom. The summed E-state index contributed by atoms with van der Waals surface area (Å²) < 4.78 is 0. The summed E-state index contributed by atoms with van der Waals surface area (Å²) in [4.78, 5) is 16.1. The zero-order valence-electron chi connectivity index (χ0n) is 12.3. The first-order chi connectivity index (χ1) is 10.1. The van der Waals surface area contributed by atoms with Gasteiger partial charge in [-0.3, -0.25) is 0 Å². The summed E-state index contributed by atoms with van der Waals surface area (Å²) in [5, 5.41) is 13.4. The normalized spacial score (nSPS) is 18.2. The minimum absolute atomic E-state index is 0.320. The molecule has 1 atom stereocenters. The maximum Gasteiger partial charge on any atom is 0.335 e. The van der Waals surface area contributed by atoms with Gasteiger partial charge < -0.3 is 10.4 Å². The molecule has 4 nitrogen and oxygen atoms in total. The van der Waals surface area contributed by atoms with E-state index in [1.807, 2.05) is 30.3 Å². The molecule has 0 saturated heterocycles. The number of unbranched alkanes of at least 4 members (excludes halogenated alkanes) is 1. The van der Waals surface area contributed by atoms with E-state index in [0.29, 0.717) is 11.3 Å². The van der Waals surface area contributed by atoms with E-state index < -0.39 is 12.0 Å². The summed E-state index contributed by atoms with van der Waals surface area (Å²) in [6.45, 7) is 3.95. The molecule has 0 bridgehead atoms. The maximum atomic E-state index is 11.5. The fourth-order valence-corrected chi connectivity index (χ4v) is 3.22. The first-order valence-electron chi connectivity index (χ1n) is 7.10. The standard InChI is InChI=1S/C16H20N2O2S/c1-3-4-10-21-16-17-11(2)13(15(19)20)14(18-16)12-8-6-5-7-9-12/h5-9,14H,3-4,10H2,1-2H3,(H,17,18)(H,19,20). The Bertz CT molecular complexity index is 567. The van der Waals surface area contributed by atoms with Crippen LogP contribution in [-0.4, -0.2) is 22.0 Å². The van der Waals surface area contributed by atoms with E-state index in [2.05, 4.69) is 17.2 Å². The number of allylic oxidation sites excluding steroid dienone is 1. The highest BCUT2D eigenvalue weighted by Crippen LogP contribution is 2.32. The number of aliphatic imine (C=N–C) groups is 1. The number of carboxylic acid groups (broad SMARTS) is 1. The van der Waals surface area contributed by atoms with Crippen molar-refractivity contribution in [2.75, 3.05) is 5.75 Å². The molecule has 112 valence electrons. The summed E-state index contributed by atoms with van der Waals surface area (Å²) in [5.74, 6) is 0.0645. The Morgan fingerprint density at radius 3 is 2.71 bits per heavy atom. The molecule has 21 heavy (non-hydrogen) atoms. The van der Waals surface area contributed by atoms with Crippen LogP contribution < -0.4 is 5.32 Å². The lowest BCUT2D eigenvalue weighted by atomic mass is 9.97. The highest BCUT2D eigenvalue weighted by Gasteiger charge is 2.28. The van der Waals surface area contributed by atoms with E-state index in [0.717, 1.165) is 29.3 Å². The Kier molecular flexibility index (Phi) is 5.44. The monoisotopic (exact) mass is 304 g/mol. The van der Waals surface area contributed by atoms with Gasteiger partial charge in [0.2, 0.25) is 0 Å². The third-order valence-corrected chi connectivity index (χ3v) is 4.27. The summed E-state index contributed by atoms with van der Waals surface area (Å²) in [6, 6.07) is 9.14. The zero-order chi connectivity index (χ0) is 15.2. The van der Waals surface area contributed by atoms with Crippen molar-refractivity contribution in [2.24, 2.45) is 4.99 Å². The molecule has 0 spiro atoms. The minimum atomic E-state index is -0.921. The van der Waals surface area contributed by atoms with Gasteiger partial charge in [0.1, 0.15) is 6.04 Å².